The van der Waals surface area contributed by atoms with Gasteiger partial charge in [0.15, 0.2) is 11.6 Å². The zero-order valence-corrected chi connectivity index (χ0v) is 32.7. The second kappa shape index (κ2) is 13.1. The summed E-state index contributed by atoms with van der Waals surface area (Å²) in [5.74, 6) is 3.40. The van der Waals surface area contributed by atoms with Gasteiger partial charge in [0.2, 0.25) is 5.95 Å². The van der Waals surface area contributed by atoms with Crippen LogP contribution < -0.4 is 4.74 Å². The fourth-order valence-corrected chi connectivity index (χ4v) is 9.45. The van der Waals surface area contributed by atoms with Gasteiger partial charge in [0.05, 0.1) is 22.1 Å². The first kappa shape index (κ1) is 33.6. The Balaban J connectivity index is 1.10. The summed E-state index contributed by atoms with van der Waals surface area (Å²) >= 11 is 0. The van der Waals surface area contributed by atoms with Crippen LogP contribution in [0, 0.1) is 0 Å². The van der Waals surface area contributed by atoms with Crippen molar-refractivity contribution in [3.8, 4) is 68.2 Å². The third kappa shape index (κ3) is 5.12. The van der Waals surface area contributed by atoms with E-state index in [-0.39, 0.29) is 0 Å². The summed E-state index contributed by atoms with van der Waals surface area (Å²) in [6, 6.07) is 70.3. The fourth-order valence-electron chi connectivity index (χ4n) is 9.45. The molecule has 4 heterocycles. The normalized spacial score (nSPS) is 12.1. The smallest absolute Gasteiger partial charge is 0.238 e. The lowest BCUT2D eigenvalue weighted by atomic mass is 9.92. The van der Waals surface area contributed by atoms with Gasteiger partial charge in [0.1, 0.15) is 11.5 Å². The number of rotatable bonds is 5. The maximum atomic E-state index is 6.77. The standard InChI is InChI=1S/C55H33N5O/c1-4-15-34(16-5-1)53-56-54(35-17-6-2-7-18-35)58-55(57-53)60-47-30-28-37(36-27-29-46-43(31-36)39-21-10-12-25-45(39)59(46)38-19-8-3-9-20-38)32-44(47)51-42-24-14-23-41-40-22-11-13-26-49(40)61-50(52(41)42)33-48(51)60/h1-33H. The molecule has 6 heteroatoms. The molecule has 0 spiro atoms. The Hall–Kier alpha value is -8.35. The second-order valence-corrected chi connectivity index (χ2v) is 15.6. The van der Waals surface area contributed by atoms with Gasteiger partial charge >= 0.3 is 0 Å². The molecule has 61 heavy (non-hydrogen) atoms. The molecule has 9 aromatic carbocycles. The Bertz CT molecular complexity index is 3660. The zero-order valence-electron chi connectivity index (χ0n) is 32.7. The van der Waals surface area contributed by atoms with Gasteiger partial charge in [-0.3, -0.25) is 4.57 Å². The van der Waals surface area contributed by atoms with Gasteiger partial charge in [-0.05, 0) is 70.6 Å². The molecule has 0 bridgehead atoms. The van der Waals surface area contributed by atoms with Gasteiger partial charge in [0.25, 0.3) is 0 Å². The van der Waals surface area contributed by atoms with Crippen molar-refractivity contribution in [1.82, 2.24) is 24.1 Å². The van der Waals surface area contributed by atoms with E-state index in [9.17, 15) is 0 Å². The minimum atomic E-state index is 0.537. The monoisotopic (exact) mass is 779 g/mol. The number of hydrogen-bond donors (Lipinski definition) is 0. The fraction of sp³-hybridized carbons (Fsp3) is 0. The van der Waals surface area contributed by atoms with Gasteiger partial charge < -0.3 is 9.30 Å². The Morgan fingerprint density at radius 3 is 1.64 bits per heavy atom. The molecule has 1 aliphatic rings. The van der Waals surface area contributed by atoms with Crippen molar-refractivity contribution in [2.24, 2.45) is 0 Å². The van der Waals surface area contributed by atoms with E-state index in [2.05, 4.69) is 137 Å². The van der Waals surface area contributed by atoms with Crippen LogP contribution in [0.5, 0.6) is 11.5 Å². The molecule has 0 radical (unpaired) electrons. The van der Waals surface area contributed by atoms with Gasteiger partial charge in [-0.25, -0.2) is 4.98 Å². The van der Waals surface area contributed by atoms with Crippen molar-refractivity contribution in [3.05, 3.63) is 200 Å². The van der Waals surface area contributed by atoms with Gasteiger partial charge in [0, 0.05) is 55.4 Å². The molecular weight excluding hydrogens is 747 g/mol. The van der Waals surface area contributed by atoms with Crippen LogP contribution in [0.3, 0.4) is 0 Å². The Labute approximate surface area is 350 Å². The Morgan fingerprint density at radius 1 is 0.328 bits per heavy atom. The van der Waals surface area contributed by atoms with E-state index in [4.69, 9.17) is 19.7 Å². The maximum Gasteiger partial charge on any atom is 0.238 e. The van der Waals surface area contributed by atoms with Crippen molar-refractivity contribution in [1.29, 1.82) is 0 Å². The summed E-state index contributed by atoms with van der Waals surface area (Å²) in [7, 11) is 0. The van der Waals surface area contributed by atoms with Gasteiger partial charge in [-0.1, -0.05) is 146 Å². The minimum Gasteiger partial charge on any atom is -0.456 e. The first-order chi connectivity index (χ1) is 30.2. The molecule has 0 amide bonds. The topological polar surface area (TPSA) is 57.8 Å². The lowest BCUT2D eigenvalue weighted by Gasteiger charge is -2.22. The number of aromatic nitrogens is 5. The van der Waals surface area contributed by atoms with Crippen LogP contribution >= 0.6 is 0 Å². The molecule has 0 unspecified atom stereocenters. The highest BCUT2D eigenvalue weighted by Crippen LogP contribution is 2.51. The van der Waals surface area contributed by atoms with Crippen LogP contribution in [0.4, 0.5) is 0 Å². The summed E-state index contributed by atoms with van der Waals surface area (Å²) in [4.78, 5) is 15.5. The lowest BCUT2D eigenvalue weighted by molar-refractivity contribution is 0.487. The molecule has 12 aromatic rings. The zero-order chi connectivity index (χ0) is 40.0. The molecule has 1 aliphatic heterocycles. The lowest BCUT2D eigenvalue weighted by Crippen LogP contribution is -2.06. The van der Waals surface area contributed by atoms with E-state index in [0.717, 1.165) is 83.1 Å². The molecule has 0 fully saturated rings. The molecule has 284 valence electrons. The molecule has 6 nitrogen and oxygen atoms in total. The van der Waals surface area contributed by atoms with Crippen LogP contribution in [0.2, 0.25) is 0 Å². The number of hydrogen-bond acceptors (Lipinski definition) is 4. The van der Waals surface area contributed by atoms with E-state index < -0.39 is 0 Å². The predicted octanol–water partition coefficient (Wildman–Crippen LogP) is 14.0. The van der Waals surface area contributed by atoms with E-state index in [1.165, 1.54) is 21.8 Å². The van der Waals surface area contributed by atoms with Crippen LogP contribution in [-0.2, 0) is 0 Å². The SMILES string of the molecule is c1ccc(-c2nc(-c3ccccc3)nc(-n3c4ccc(-c5ccc6c(c5)c5ccccc5n6-c5ccccc5)cc4c4c5cccc6c5c(cc43)Oc3ccccc3-6)n2)cc1. The van der Waals surface area contributed by atoms with Gasteiger partial charge in [-0.15, -0.1) is 0 Å². The Kier molecular flexibility index (Phi) is 7.21. The number of ether oxygens (including phenoxy) is 1. The first-order valence-electron chi connectivity index (χ1n) is 20.5. The van der Waals surface area contributed by atoms with E-state index in [1.54, 1.807) is 0 Å². The summed E-state index contributed by atoms with van der Waals surface area (Å²) in [6.45, 7) is 0. The van der Waals surface area contributed by atoms with Crippen molar-refractivity contribution in [3.63, 3.8) is 0 Å². The van der Waals surface area contributed by atoms with Crippen LogP contribution in [0.1, 0.15) is 0 Å². The van der Waals surface area contributed by atoms with Crippen molar-refractivity contribution >= 4 is 54.4 Å². The minimum absolute atomic E-state index is 0.537. The second-order valence-electron chi connectivity index (χ2n) is 15.6. The van der Waals surface area contributed by atoms with Crippen LogP contribution in [0.25, 0.3) is 111 Å². The molecule has 0 saturated carbocycles. The summed E-state index contributed by atoms with van der Waals surface area (Å²) in [5.41, 5.74) is 11.8. The van der Waals surface area contributed by atoms with E-state index in [0.29, 0.717) is 17.6 Å². The highest BCUT2D eigenvalue weighted by molar-refractivity contribution is 6.26. The van der Waals surface area contributed by atoms with Gasteiger partial charge in [-0.2, -0.15) is 9.97 Å². The summed E-state index contributed by atoms with van der Waals surface area (Å²) in [6.07, 6.45) is 0. The number of para-hydroxylation sites is 3. The van der Waals surface area contributed by atoms with Crippen LogP contribution in [-0.4, -0.2) is 24.1 Å². The van der Waals surface area contributed by atoms with Crippen LogP contribution in [0.15, 0.2) is 200 Å². The predicted molar refractivity (Wildman–Crippen MR) is 248 cm³/mol. The number of benzene rings is 9. The summed E-state index contributed by atoms with van der Waals surface area (Å²) in [5, 5.41) is 6.86. The summed E-state index contributed by atoms with van der Waals surface area (Å²) < 4.78 is 11.3. The molecule has 0 atom stereocenters. The third-order valence-corrected chi connectivity index (χ3v) is 12.2. The number of fused-ring (bicyclic) bond motifs is 9. The molecule has 13 rings (SSSR count). The quantitative estimate of drug-likeness (QED) is 0.175. The van der Waals surface area contributed by atoms with E-state index in [1.807, 2.05) is 72.8 Å². The van der Waals surface area contributed by atoms with E-state index >= 15 is 0 Å². The van der Waals surface area contributed by atoms with Crippen molar-refractivity contribution in [2.45, 2.75) is 0 Å². The molecule has 3 aromatic heterocycles. The third-order valence-electron chi connectivity index (χ3n) is 12.2. The largest absolute Gasteiger partial charge is 0.456 e. The molecule has 0 saturated heterocycles. The average molecular weight is 780 g/mol. The highest BCUT2D eigenvalue weighted by atomic mass is 16.5. The first-order valence-corrected chi connectivity index (χ1v) is 20.5. The highest BCUT2D eigenvalue weighted by Gasteiger charge is 2.26. The molecular formula is C55H33N5O. The Morgan fingerprint density at radius 2 is 0.902 bits per heavy atom. The maximum absolute atomic E-state index is 6.77. The van der Waals surface area contributed by atoms with Crippen molar-refractivity contribution < 1.29 is 4.74 Å². The average Bonchev–Trinajstić information content (AvgIpc) is 3.84. The molecule has 0 aliphatic carbocycles. The van der Waals surface area contributed by atoms with Crippen molar-refractivity contribution in [2.75, 3.05) is 0 Å². The number of nitrogens with zero attached hydrogens (tertiary/aromatic N) is 5. The molecule has 0 N–H and O–H groups in total.